The molecule has 5 heteroatoms. The number of aromatic nitrogens is 3. The zero-order chi connectivity index (χ0) is 13.2. The monoisotopic (exact) mass is 249 g/mol. The molecule has 0 saturated carbocycles. The maximum absolute atomic E-state index is 12.8. The van der Waals surface area contributed by atoms with Crippen LogP contribution in [-0.4, -0.2) is 19.9 Å². The van der Waals surface area contributed by atoms with Crippen molar-refractivity contribution in [2.24, 2.45) is 0 Å². The van der Waals surface area contributed by atoms with E-state index >= 15 is 0 Å². The highest BCUT2D eigenvalue weighted by atomic mass is 19.1. The van der Waals surface area contributed by atoms with Gasteiger partial charge in [-0.2, -0.15) is 5.10 Å². The van der Waals surface area contributed by atoms with Gasteiger partial charge < -0.3 is 5.11 Å². The van der Waals surface area contributed by atoms with Gasteiger partial charge >= 0.3 is 0 Å². The summed E-state index contributed by atoms with van der Waals surface area (Å²) in [7, 11) is 0. The third-order valence-electron chi connectivity index (χ3n) is 2.84. The highest BCUT2D eigenvalue weighted by Crippen LogP contribution is 2.23. The van der Waals surface area contributed by atoms with Crippen LogP contribution in [0, 0.1) is 5.82 Å². The van der Waals surface area contributed by atoms with Gasteiger partial charge in [0.2, 0.25) is 0 Å². The Morgan fingerprint density at radius 1 is 1.39 bits per heavy atom. The Morgan fingerprint density at radius 3 is 2.72 bits per heavy atom. The summed E-state index contributed by atoms with van der Waals surface area (Å²) in [5.74, 6) is -0.409. The normalized spacial score (nSPS) is 14.4. The molecular formula is C13H16FN3O. The third kappa shape index (κ3) is 2.73. The number of rotatable bonds is 4. The molecule has 1 atom stereocenters. The predicted octanol–water partition coefficient (Wildman–Crippen LogP) is 1.89. The number of aryl methyl sites for hydroxylation is 1. The van der Waals surface area contributed by atoms with E-state index in [0.717, 1.165) is 18.3 Å². The summed E-state index contributed by atoms with van der Waals surface area (Å²) in [4.78, 5) is 3.92. The minimum Gasteiger partial charge on any atom is -0.383 e. The van der Waals surface area contributed by atoms with E-state index in [1.54, 1.807) is 17.8 Å². The lowest BCUT2D eigenvalue weighted by atomic mass is 9.94. The maximum atomic E-state index is 12.8. The fourth-order valence-electron chi connectivity index (χ4n) is 1.85. The van der Waals surface area contributed by atoms with Gasteiger partial charge in [-0.3, -0.25) is 9.67 Å². The highest BCUT2D eigenvalue weighted by molar-refractivity contribution is 5.18. The Kier molecular flexibility index (Phi) is 3.43. The summed E-state index contributed by atoms with van der Waals surface area (Å²) < 4.78 is 14.6. The van der Waals surface area contributed by atoms with Crippen LogP contribution in [0.5, 0.6) is 0 Å². The molecule has 0 bridgehead atoms. The third-order valence-corrected chi connectivity index (χ3v) is 2.84. The number of halogens is 1. The molecule has 4 nitrogen and oxygen atoms in total. The van der Waals surface area contributed by atoms with Crippen LogP contribution >= 0.6 is 0 Å². The van der Waals surface area contributed by atoms with E-state index in [4.69, 9.17) is 0 Å². The lowest BCUT2D eigenvalue weighted by molar-refractivity contribution is 0.0529. The SMILES string of the molecule is CCn1cc(CC(C)(O)c2ccc(F)cn2)cn1. The fourth-order valence-corrected chi connectivity index (χ4v) is 1.85. The molecule has 96 valence electrons. The van der Waals surface area contributed by atoms with Crippen LogP contribution in [0.1, 0.15) is 25.1 Å². The van der Waals surface area contributed by atoms with Crippen LogP contribution in [0.3, 0.4) is 0 Å². The first-order valence-corrected chi connectivity index (χ1v) is 5.87. The topological polar surface area (TPSA) is 50.9 Å². The molecule has 2 aromatic heterocycles. The summed E-state index contributed by atoms with van der Waals surface area (Å²) in [6.45, 7) is 4.45. The van der Waals surface area contributed by atoms with E-state index in [1.807, 2.05) is 13.1 Å². The van der Waals surface area contributed by atoms with Crippen molar-refractivity contribution in [3.05, 3.63) is 47.8 Å². The molecule has 0 radical (unpaired) electrons. The predicted molar refractivity (Wildman–Crippen MR) is 65.4 cm³/mol. The van der Waals surface area contributed by atoms with Crippen LogP contribution in [0.4, 0.5) is 4.39 Å². The second-order valence-electron chi connectivity index (χ2n) is 4.52. The van der Waals surface area contributed by atoms with Gasteiger partial charge in [-0.25, -0.2) is 4.39 Å². The summed E-state index contributed by atoms with van der Waals surface area (Å²) in [6.07, 6.45) is 5.12. The van der Waals surface area contributed by atoms with Crippen molar-refractivity contribution in [3.63, 3.8) is 0 Å². The fraction of sp³-hybridized carbons (Fsp3) is 0.385. The Morgan fingerprint density at radius 2 is 2.17 bits per heavy atom. The molecule has 0 aliphatic carbocycles. The average molecular weight is 249 g/mol. The van der Waals surface area contributed by atoms with Gasteiger partial charge in [0.15, 0.2) is 0 Å². The summed E-state index contributed by atoms with van der Waals surface area (Å²) in [6, 6.07) is 2.80. The Balaban J connectivity index is 2.18. The van der Waals surface area contributed by atoms with Gasteiger partial charge in [0.05, 0.1) is 18.1 Å². The van der Waals surface area contributed by atoms with Crippen molar-refractivity contribution in [3.8, 4) is 0 Å². The minimum atomic E-state index is -1.13. The molecular weight excluding hydrogens is 233 g/mol. The molecule has 0 aromatic carbocycles. The van der Waals surface area contributed by atoms with Gasteiger partial charge in [0.25, 0.3) is 0 Å². The summed E-state index contributed by atoms with van der Waals surface area (Å²) >= 11 is 0. The van der Waals surface area contributed by atoms with E-state index in [1.165, 1.54) is 12.1 Å². The first-order chi connectivity index (χ1) is 8.51. The van der Waals surface area contributed by atoms with Crippen LogP contribution in [0.2, 0.25) is 0 Å². The molecule has 0 amide bonds. The number of aliphatic hydroxyl groups is 1. The number of hydrogen-bond acceptors (Lipinski definition) is 3. The number of nitrogens with zero attached hydrogens (tertiary/aromatic N) is 3. The number of hydrogen-bond donors (Lipinski definition) is 1. The molecule has 18 heavy (non-hydrogen) atoms. The molecule has 0 fully saturated rings. The van der Waals surface area contributed by atoms with E-state index in [0.29, 0.717) is 12.1 Å². The van der Waals surface area contributed by atoms with Crippen LogP contribution in [0.15, 0.2) is 30.7 Å². The summed E-state index contributed by atoms with van der Waals surface area (Å²) in [5.41, 5.74) is 0.246. The van der Waals surface area contributed by atoms with Crippen molar-refractivity contribution in [2.75, 3.05) is 0 Å². The standard InChI is InChI=1S/C13H16FN3O/c1-3-17-9-10(7-16-17)6-13(2,18)12-5-4-11(14)8-15-12/h4-5,7-9,18H,3,6H2,1-2H3. The van der Waals surface area contributed by atoms with Crippen LogP contribution in [-0.2, 0) is 18.6 Å². The molecule has 2 aromatic rings. The largest absolute Gasteiger partial charge is 0.383 e. The molecule has 2 heterocycles. The van der Waals surface area contributed by atoms with Crippen LogP contribution in [0.25, 0.3) is 0 Å². The van der Waals surface area contributed by atoms with Gasteiger partial charge in [0, 0.05) is 19.2 Å². The van der Waals surface area contributed by atoms with Gasteiger partial charge in [-0.1, -0.05) is 0 Å². The van der Waals surface area contributed by atoms with Crippen molar-refractivity contribution in [2.45, 2.75) is 32.4 Å². The van der Waals surface area contributed by atoms with E-state index < -0.39 is 11.4 Å². The molecule has 0 aliphatic rings. The Hall–Kier alpha value is -1.75. The first-order valence-electron chi connectivity index (χ1n) is 5.87. The van der Waals surface area contributed by atoms with E-state index in [2.05, 4.69) is 10.1 Å². The molecule has 2 rings (SSSR count). The van der Waals surface area contributed by atoms with Crippen molar-refractivity contribution in [1.82, 2.24) is 14.8 Å². The van der Waals surface area contributed by atoms with Gasteiger partial charge in [0.1, 0.15) is 11.4 Å². The Labute approximate surface area is 105 Å². The lowest BCUT2D eigenvalue weighted by Crippen LogP contribution is -2.25. The van der Waals surface area contributed by atoms with E-state index in [-0.39, 0.29) is 0 Å². The molecule has 0 saturated heterocycles. The minimum absolute atomic E-state index is 0.394. The zero-order valence-corrected chi connectivity index (χ0v) is 10.5. The average Bonchev–Trinajstić information content (AvgIpc) is 2.76. The van der Waals surface area contributed by atoms with Gasteiger partial charge in [-0.05, 0) is 31.5 Å². The van der Waals surface area contributed by atoms with Crippen molar-refractivity contribution >= 4 is 0 Å². The highest BCUT2D eigenvalue weighted by Gasteiger charge is 2.25. The first kappa shape index (κ1) is 12.7. The quantitative estimate of drug-likeness (QED) is 0.900. The van der Waals surface area contributed by atoms with E-state index in [9.17, 15) is 9.50 Å². The second kappa shape index (κ2) is 4.86. The lowest BCUT2D eigenvalue weighted by Gasteiger charge is -2.21. The van der Waals surface area contributed by atoms with Crippen molar-refractivity contribution in [1.29, 1.82) is 0 Å². The Bertz CT molecular complexity index is 519. The van der Waals surface area contributed by atoms with Gasteiger partial charge in [-0.15, -0.1) is 0 Å². The molecule has 0 spiro atoms. The van der Waals surface area contributed by atoms with Crippen LogP contribution < -0.4 is 0 Å². The zero-order valence-electron chi connectivity index (χ0n) is 10.5. The molecule has 1 unspecified atom stereocenters. The molecule has 0 aliphatic heterocycles. The maximum Gasteiger partial charge on any atom is 0.141 e. The summed E-state index contributed by atoms with van der Waals surface area (Å²) in [5, 5.41) is 14.5. The second-order valence-corrected chi connectivity index (χ2v) is 4.52. The molecule has 1 N–H and O–H groups in total. The smallest absolute Gasteiger partial charge is 0.141 e. The van der Waals surface area contributed by atoms with Crippen molar-refractivity contribution < 1.29 is 9.50 Å². The number of pyridine rings is 1.